The first-order valence-corrected chi connectivity index (χ1v) is 3.81. The van der Waals surface area contributed by atoms with Crippen LogP contribution in [0.15, 0.2) is 6.20 Å². The van der Waals surface area contributed by atoms with Gasteiger partial charge in [-0.15, -0.1) is 0 Å². The number of ether oxygens (including phenoxy) is 1. The molecule has 0 spiro atoms. The minimum absolute atomic E-state index is 0.120. The molecule has 0 amide bonds. The first kappa shape index (κ1) is 10.0. The van der Waals surface area contributed by atoms with Gasteiger partial charge in [0.15, 0.2) is 10.9 Å². The Morgan fingerprint density at radius 1 is 1.62 bits per heavy atom. The van der Waals surface area contributed by atoms with Crippen LogP contribution in [-0.2, 0) is 0 Å². The molecule has 0 unspecified atom stereocenters. The molecule has 0 aliphatic heterocycles. The predicted octanol–water partition coefficient (Wildman–Crippen LogP) is 0.951. The topological polar surface area (TPSA) is 62.6 Å². The molecule has 1 aromatic heterocycles. The summed E-state index contributed by atoms with van der Waals surface area (Å²) in [5.41, 5.74) is 0. The van der Waals surface area contributed by atoms with Crippen molar-refractivity contribution in [3.8, 4) is 11.5 Å². The Kier molecular flexibility index (Phi) is 3.27. The molecule has 1 aromatic rings. The summed E-state index contributed by atoms with van der Waals surface area (Å²) < 4.78 is 17.7. The molecular weight excluding hydrogens is 201 g/mol. The summed E-state index contributed by atoms with van der Waals surface area (Å²) in [5, 5.41) is 17.1. The molecule has 0 saturated carbocycles. The highest BCUT2D eigenvalue weighted by molar-refractivity contribution is 6.29. The van der Waals surface area contributed by atoms with Crippen LogP contribution in [0.5, 0.6) is 11.5 Å². The summed E-state index contributed by atoms with van der Waals surface area (Å²) in [4.78, 5) is 3.34. The maximum atomic E-state index is 13.0. The van der Waals surface area contributed by atoms with Gasteiger partial charge in [0.2, 0.25) is 11.6 Å². The van der Waals surface area contributed by atoms with E-state index in [1.165, 1.54) is 0 Å². The normalized spacial score (nSPS) is 10.1. The lowest BCUT2D eigenvalue weighted by molar-refractivity contribution is 0.191. The van der Waals surface area contributed by atoms with Crippen LogP contribution in [0.2, 0.25) is 5.15 Å². The van der Waals surface area contributed by atoms with E-state index in [0.717, 1.165) is 6.20 Å². The Morgan fingerprint density at radius 2 is 2.31 bits per heavy atom. The number of aliphatic hydroxyl groups is 1. The second kappa shape index (κ2) is 4.25. The van der Waals surface area contributed by atoms with E-state index in [1.54, 1.807) is 0 Å². The van der Waals surface area contributed by atoms with E-state index in [4.69, 9.17) is 26.6 Å². The van der Waals surface area contributed by atoms with Crippen molar-refractivity contribution in [2.24, 2.45) is 0 Å². The maximum absolute atomic E-state index is 13.0. The first-order chi connectivity index (χ1) is 6.16. The molecule has 0 aliphatic carbocycles. The van der Waals surface area contributed by atoms with Crippen LogP contribution in [0.25, 0.3) is 0 Å². The lowest BCUT2D eigenvalue weighted by atomic mass is 10.4. The molecule has 0 atom stereocenters. The second-order valence-corrected chi connectivity index (χ2v) is 2.51. The Bertz CT molecular complexity index is 308. The van der Waals surface area contributed by atoms with Gasteiger partial charge in [-0.25, -0.2) is 4.98 Å². The summed E-state index contributed by atoms with van der Waals surface area (Å²) in [7, 11) is 0. The fourth-order valence-corrected chi connectivity index (χ4v) is 0.859. The third-order valence-corrected chi connectivity index (χ3v) is 1.51. The average molecular weight is 208 g/mol. The van der Waals surface area contributed by atoms with Crippen molar-refractivity contribution in [2.75, 3.05) is 13.2 Å². The average Bonchev–Trinajstić information content (AvgIpc) is 2.12. The number of rotatable bonds is 3. The largest absolute Gasteiger partial charge is 0.503 e. The van der Waals surface area contributed by atoms with E-state index < -0.39 is 17.3 Å². The second-order valence-electron chi connectivity index (χ2n) is 2.15. The standard InChI is InChI=1S/C7H7ClFNO3/c8-7-5(9)6(13-2-1-11)4(12)3-10-7/h3,11-12H,1-2H2. The van der Waals surface area contributed by atoms with Gasteiger partial charge in [-0.2, -0.15) is 4.39 Å². The van der Waals surface area contributed by atoms with Crippen LogP contribution >= 0.6 is 11.6 Å². The van der Waals surface area contributed by atoms with Gasteiger partial charge in [0, 0.05) is 0 Å². The molecule has 0 bridgehead atoms. The number of hydrogen-bond donors (Lipinski definition) is 2. The minimum atomic E-state index is -0.935. The van der Waals surface area contributed by atoms with Gasteiger partial charge < -0.3 is 14.9 Å². The van der Waals surface area contributed by atoms with Crippen LogP contribution in [0.4, 0.5) is 4.39 Å². The number of nitrogens with zero attached hydrogens (tertiary/aromatic N) is 1. The number of halogens is 2. The molecule has 0 radical (unpaired) electrons. The molecule has 0 saturated heterocycles. The molecule has 0 aliphatic rings. The number of aromatic hydroxyl groups is 1. The number of hydrogen-bond acceptors (Lipinski definition) is 4. The van der Waals surface area contributed by atoms with Crippen molar-refractivity contribution in [1.29, 1.82) is 0 Å². The van der Waals surface area contributed by atoms with Crippen LogP contribution in [0.3, 0.4) is 0 Å². The molecule has 2 N–H and O–H groups in total. The van der Waals surface area contributed by atoms with Crippen molar-refractivity contribution in [1.82, 2.24) is 4.98 Å². The molecule has 13 heavy (non-hydrogen) atoms. The Morgan fingerprint density at radius 3 is 2.92 bits per heavy atom. The fourth-order valence-electron chi connectivity index (χ4n) is 0.724. The molecule has 1 heterocycles. The van der Waals surface area contributed by atoms with Crippen molar-refractivity contribution < 1.29 is 19.3 Å². The first-order valence-electron chi connectivity index (χ1n) is 3.43. The third-order valence-electron chi connectivity index (χ3n) is 1.25. The lowest BCUT2D eigenvalue weighted by Crippen LogP contribution is -2.04. The van der Waals surface area contributed by atoms with Crippen LogP contribution in [0, 0.1) is 5.82 Å². The Hall–Kier alpha value is -1.07. The van der Waals surface area contributed by atoms with Gasteiger partial charge in [0.1, 0.15) is 6.61 Å². The van der Waals surface area contributed by atoms with E-state index in [2.05, 4.69) is 4.98 Å². The van der Waals surface area contributed by atoms with Gasteiger partial charge in [-0.1, -0.05) is 11.6 Å². The van der Waals surface area contributed by atoms with Gasteiger partial charge in [-0.05, 0) is 0 Å². The van der Waals surface area contributed by atoms with E-state index in [-0.39, 0.29) is 18.4 Å². The van der Waals surface area contributed by atoms with Crippen molar-refractivity contribution in [2.45, 2.75) is 0 Å². The van der Waals surface area contributed by atoms with Crippen molar-refractivity contribution in [3.63, 3.8) is 0 Å². The number of aromatic nitrogens is 1. The quantitative estimate of drug-likeness (QED) is 0.725. The van der Waals surface area contributed by atoms with Crippen LogP contribution in [-0.4, -0.2) is 28.4 Å². The molecule has 72 valence electrons. The summed E-state index contributed by atoms with van der Waals surface area (Å²) >= 11 is 5.33. The smallest absolute Gasteiger partial charge is 0.206 e. The zero-order chi connectivity index (χ0) is 9.84. The highest BCUT2D eigenvalue weighted by Crippen LogP contribution is 2.31. The van der Waals surface area contributed by atoms with Gasteiger partial charge in [0.25, 0.3) is 0 Å². The predicted molar refractivity (Wildman–Crippen MR) is 43.5 cm³/mol. The van der Waals surface area contributed by atoms with E-state index in [1.807, 2.05) is 0 Å². The fraction of sp³-hybridized carbons (Fsp3) is 0.286. The van der Waals surface area contributed by atoms with Gasteiger partial charge in [-0.3, -0.25) is 0 Å². The third kappa shape index (κ3) is 2.19. The van der Waals surface area contributed by atoms with E-state index in [0.29, 0.717) is 0 Å². The summed E-state index contributed by atoms with van der Waals surface area (Å²) in [6, 6.07) is 0. The maximum Gasteiger partial charge on any atom is 0.206 e. The highest BCUT2D eigenvalue weighted by atomic mass is 35.5. The SMILES string of the molecule is OCCOc1c(O)cnc(Cl)c1F. The van der Waals surface area contributed by atoms with E-state index in [9.17, 15) is 4.39 Å². The molecule has 0 aromatic carbocycles. The van der Waals surface area contributed by atoms with Crippen LogP contribution < -0.4 is 4.74 Å². The summed E-state index contributed by atoms with van der Waals surface area (Å²) in [5.74, 6) is -1.78. The van der Waals surface area contributed by atoms with Crippen LogP contribution in [0.1, 0.15) is 0 Å². The molecule has 6 heteroatoms. The molecular formula is C7H7ClFNO3. The zero-order valence-corrected chi connectivity index (χ0v) is 7.25. The summed E-state index contributed by atoms with van der Waals surface area (Å²) in [6.07, 6.45) is 0.970. The number of aliphatic hydroxyl groups excluding tert-OH is 1. The monoisotopic (exact) mass is 207 g/mol. The lowest BCUT2D eigenvalue weighted by Gasteiger charge is -2.07. The van der Waals surface area contributed by atoms with Gasteiger partial charge in [0.05, 0.1) is 12.8 Å². The van der Waals surface area contributed by atoms with Crippen molar-refractivity contribution >= 4 is 11.6 Å². The summed E-state index contributed by atoms with van der Waals surface area (Å²) in [6.45, 7) is -0.399. The molecule has 4 nitrogen and oxygen atoms in total. The van der Waals surface area contributed by atoms with E-state index >= 15 is 0 Å². The highest BCUT2D eigenvalue weighted by Gasteiger charge is 2.14. The molecule has 1 rings (SSSR count). The molecule has 0 fully saturated rings. The Balaban J connectivity index is 2.96. The Labute approximate surface area is 78.6 Å². The minimum Gasteiger partial charge on any atom is -0.503 e. The number of pyridine rings is 1. The van der Waals surface area contributed by atoms with Crippen molar-refractivity contribution in [3.05, 3.63) is 17.2 Å². The zero-order valence-electron chi connectivity index (χ0n) is 6.50. The van der Waals surface area contributed by atoms with Gasteiger partial charge >= 0.3 is 0 Å².